The van der Waals surface area contributed by atoms with Crippen molar-refractivity contribution in [2.75, 3.05) is 5.32 Å². The third kappa shape index (κ3) is 2.94. The number of fused-ring (bicyclic) bond motifs is 1. The van der Waals surface area contributed by atoms with Gasteiger partial charge in [-0.2, -0.15) is 13.2 Å². The van der Waals surface area contributed by atoms with E-state index in [1.165, 1.54) is 6.07 Å². The summed E-state index contributed by atoms with van der Waals surface area (Å²) in [5, 5.41) is 2.87. The molecule has 0 bridgehead atoms. The van der Waals surface area contributed by atoms with Crippen LogP contribution in [-0.4, -0.2) is 15.0 Å². The zero-order valence-corrected chi connectivity index (χ0v) is 11.6. The molecule has 120 valence electrons. The molecule has 2 heterocycles. The molecule has 2 aromatic heterocycles. The molecule has 0 saturated carbocycles. The van der Waals surface area contributed by atoms with E-state index in [1.807, 2.05) is 0 Å². The summed E-state index contributed by atoms with van der Waals surface area (Å²) in [6, 6.07) is 4.44. The van der Waals surface area contributed by atoms with Gasteiger partial charge >= 0.3 is 6.18 Å². The number of aromatic nitrogens is 3. The molecule has 0 amide bonds. The number of hydrogen-bond acceptors (Lipinski definition) is 3. The van der Waals surface area contributed by atoms with E-state index in [0.717, 1.165) is 12.1 Å². The minimum absolute atomic E-state index is 0.00471. The van der Waals surface area contributed by atoms with Gasteiger partial charge in [0.2, 0.25) is 5.82 Å². The topological polar surface area (TPSA) is 53.6 Å². The van der Waals surface area contributed by atoms with Crippen molar-refractivity contribution in [1.82, 2.24) is 15.0 Å². The Hall–Kier alpha value is -2.71. The first-order chi connectivity index (χ1) is 10.7. The van der Waals surface area contributed by atoms with Gasteiger partial charge < -0.3 is 10.3 Å². The maximum Gasteiger partial charge on any atom is 0.451 e. The number of anilines is 2. The van der Waals surface area contributed by atoms with Crippen LogP contribution in [0.4, 0.5) is 33.5 Å². The number of nitrogens with one attached hydrogen (secondary N) is 2. The van der Waals surface area contributed by atoms with E-state index in [9.17, 15) is 22.0 Å². The zero-order chi connectivity index (χ0) is 16.8. The van der Waals surface area contributed by atoms with Crippen LogP contribution in [0.3, 0.4) is 0 Å². The standard InChI is InChI=1S/C14H9F5N4/c1-6-4-8-11(20-6)22-13(14(17,18)19)23-12(8)21-7-2-3-9(15)10(16)5-7/h2-5H,1H3,(H2,20,21,22,23). The fourth-order valence-electron chi connectivity index (χ4n) is 2.07. The lowest BCUT2D eigenvalue weighted by Gasteiger charge is -2.10. The van der Waals surface area contributed by atoms with E-state index in [0.29, 0.717) is 11.1 Å². The zero-order valence-electron chi connectivity index (χ0n) is 11.6. The van der Waals surface area contributed by atoms with Crippen LogP contribution in [0.5, 0.6) is 0 Å². The van der Waals surface area contributed by atoms with Crippen molar-refractivity contribution in [1.29, 1.82) is 0 Å². The van der Waals surface area contributed by atoms with Crippen LogP contribution in [0, 0.1) is 18.6 Å². The average molecular weight is 328 g/mol. The van der Waals surface area contributed by atoms with Crippen LogP contribution in [-0.2, 0) is 6.18 Å². The molecule has 0 saturated heterocycles. The third-order valence-corrected chi connectivity index (χ3v) is 3.06. The second kappa shape index (κ2) is 5.18. The van der Waals surface area contributed by atoms with E-state index in [4.69, 9.17) is 0 Å². The Morgan fingerprint density at radius 3 is 2.43 bits per heavy atom. The van der Waals surface area contributed by atoms with Crippen molar-refractivity contribution in [2.24, 2.45) is 0 Å². The van der Waals surface area contributed by atoms with Gasteiger partial charge in [0.05, 0.1) is 5.39 Å². The SMILES string of the molecule is Cc1cc2c(Nc3ccc(F)c(F)c3)nc(C(F)(F)F)nc2[nH]1. The first-order valence-electron chi connectivity index (χ1n) is 6.40. The lowest BCUT2D eigenvalue weighted by Crippen LogP contribution is -2.12. The van der Waals surface area contributed by atoms with Crippen molar-refractivity contribution in [3.05, 3.63) is 47.4 Å². The van der Waals surface area contributed by atoms with Gasteiger partial charge in [0.1, 0.15) is 11.5 Å². The Balaban J connectivity index is 2.12. The smallest absolute Gasteiger partial charge is 0.343 e. The quantitative estimate of drug-likeness (QED) is 0.689. The number of rotatable bonds is 2. The Kier molecular flexibility index (Phi) is 3.42. The van der Waals surface area contributed by atoms with Crippen molar-refractivity contribution in [3.63, 3.8) is 0 Å². The molecule has 0 spiro atoms. The number of H-pyrrole nitrogens is 1. The number of alkyl halides is 3. The minimum atomic E-state index is -4.74. The Morgan fingerprint density at radius 2 is 1.78 bits per heavy atom. The summed E-state index contributed by atoms with van der Waals surface area (Å²) in [5.74, 6) is -3.67. The second-order valence-electron chi connectivity index (χ2n) is 4.86. The van der Waals surface area contributed by atoms with Crippen molar-refractivity contribution in [2.45, 2.75) is 13.1 Å². The molecule has 23 heavy (non-hydrogen) atoms. The number of nitrogens with zero attached hydrogens (tertiary/aromatic N) is 2. The number of benzene rings is 1. The van der Waals surface area contributed by atoms with Gasteiger partial charge in [0.15, 0.2) is 11.6 Å². The highest BCUT2D eigenvalue weighted by molar-refractivity contribution is 5.89. The van der Waals surface area contributed by atoms with Crippen LogP contribution < -0.4 is 5.32 Å². The highest BCUT2D eigenvalue weighted by Gasteiger charge is 2.36. The molecule has 0 radical (unpaired) electrons. The molecule has 0 aliphatic rings. The minimum Gasteiger partial charge on any atom is -0.343 e. The maximum absolute atomic E-state index is 13.2. The molecule has 1 aromatic carbocycles. The van der Waals surface area contributed by atoms with Gasteiger partial charge in [0.25, 0.3) is 0 Å². The maximum atomic E-state index is 13.2. The average Bonchev–Trinajstić information content (AvgIpc) is 2.82. The summed E-state index contributed by atoms with van der Waals surface area (Å²) >= 11 is 0. The first kappa shape index (κ1) is 15.2. The summed E-state index contributed by atoms with van der Waals surface area (Å²) in [7, 11) is 0. The fourth-order valence-corrected chi connectivity index (χ4v) is 2.07. The molecule has 3 aromatic rings. The van der Waals surface area contributed by atoms with E-state index in [1.54, 1.807) is 13.0 Å². The predicted molar refractivity (Wildman–Crippen MR) is 73.3 cm³/mol. The number of aryl methyl sites for hydroxylation is 1. The van der Waals surface area contributed by atoms with E-state index >= 15 is 0 Å². The molecule has 0 unspecified atom stereocenters. The molecular formula is C14H9F5N4. The molecule has 4 nitrogen and oxygen atoms in total. The van der Waals surface area contributed by atoms with Crippen molar-refractivity contribution in [3.8, 4) is 0 Å². The lowest BCUT2D eigenvalue weighted by molar-refractivity contribution is -0.144. The summed E-state index contributed by atoms with van der Waals surface area (Å²) in [5.41, 5.74) is 0.646. The van der Waals surface area contributed by atoms with Crippen LogP contribution in [0.25, 0.3) is 11.0 Å². The third-order valence-electron chi connectivity index (χ3n) is 3.06. The first-order valence-corrected chi connectivity index (χ1v) is 6.40. The normalized spacial score (nSPS) is 11.9. The largest absolute Gasteiger partial charge is 0.451 e. The van der Waals surface area contributed by atoms with Gasteiger partial charge in [0, 0.05) is 17.4 Å². The molecular weight excluding hydrogens is 319 g/mol. The highest BCUT2D eigenvalue weighted by atomic mass is 19.4. The molecule has 0 aliphatic carbocycles. The molecule has 0 aliphatic heterocycles. The predicted octanol–water partition coefficient (Wildman–Crippen LogP) is 4.31. The van der Waals surface area contributed by atoms with Crippen molar-refractivity contribution < 1.29 is 22.0 Å². The number of halogens is 5. The lowest BCUT2D eigenvalue weighted by atomic mass is 10.2. The summed E-state index contributed by atoms with van der Waals surface area (Å²) in [6.07, 6.45) is -4.74. The monoisotopic (exact) mass is 328 g/mol. The van der Waals surface area contributed by atoms with Gasteiger partial charge in [-0.1, -0.05) is 0 Å². The Labute approximate surface area is 126 Å². The molecule has 0 fully saturated rings. The number of aromatic amines is 1. The van der Waals surface area contributed by atoms with Crippen LogP contribution >= 0.6 is 0 Å². The van der Waals surface area contributed by atoms with Gasteiger partial charge in [-0.25, -0.2) is 18.7 Å². The van der Waals surface area contributed by atoms with Gasteiger partial charge in [-0.15, -0.1) is 0 Å². The van der Waals surface area contributed by atoms with Crippen LogP contribution in [0.2, 0.25) is 0 Å². The second-order valence-corrected chi connectivity index (χ2v) is 4.86. The van der Waals surface area contributed by atoms with Crippen LogP contribution in [0.15, 0.2) is 24.3 Å². The fraction of sp³-hybridized carbons (Fsp3) is 0.143. The Bertz CT molecular complexity index is 885. The number of hydrogen-bond donors (Lipinski definition) is 2. The van der Waals surface area contributed by atoms with Crippen LogP contribution in [0.1, 0.15) is 11.5 Å². The highest BCUT2D eigenvalue weighted by Crippen LogP contribution is 2.31. The molecule has 3 rings (SSSR count). The van der Waals surface area contributed by atoms with E-state index < -0.39 is 23.6 Å². The van der Waals surface area contributed by atoms with Crippen molar-refractivity contribution >= 4 is 22.5 Å². The summed E-state index contributed by atoms with van der Waals surface area (Å²) in [4.78, 5) is 9.58. The van der Waals surface area contributed by atoms with Gasteiger partial charge in [-0.3, -0.25) is 0 Å². The molecule has 2 N–H and O–H groups in total. The Morgan fingerprint density at radius 1 is 1.04 bits per heavy atom. The summed E-state index contributed by atoms with van der Waals surface area (Å²) < 4.78 is 64.8. The summed E-state index contributed by atoms with van der Waals surface area (Å²) in [6.45, 7) is 1.65. The molecule has 0 atom stereocenters. The van der Waals surface area contributed by atoms with E-state index in [2.05, 4.69) is 20.3 Å². The van der Waals surface area contributed by atoms with Gasteiger partial charge in [-0.05, 0) is 25.1 Å². The molecule has 9 heteroatoms. The van der Waals surface area contributed by atoms with E-state index in [-0.39, 0.29) is 17.2 Å².